The molecule has 4 rings (SSSR count). The molecule has 1 aromatic heterocycles. The summed E-state index contributed by atoms with van der Waals surface area (Å²) in [7, 11) is -1.83. The second-order valence-electron chi connectivity index (χ2n) is 7.39. The molecule has 8 heteroatoms. The minimum Gasteiger partial charge on any atom is -0.337 e. The summed E-state index contributed by atoms with van der Waals surface area (Å²) in [5.74, 6) is -0.634. The molecule has 2 heterocycles. The number of carbonyl (C=O) groups excluding carboxylic acids is 1. The number of piperidine rings is 1. The van der Waals surface area contributed by atoms with E-state index in [2.05, 4.69) is 5.10 Å². The number of hydrogen-bond donors (Lipinski definition) is 0. The Kier molecular flexibility index (Phi) is 5.42. The van der Waals surface area contributed by atoms with Gasteiger partial charge in [0.2, 0.25) is 0 Å². The summed E-state index contributed by atoms with van der Waals surface area (Å²) in [5.41, 5.74) is 2.11. The number of nitrogens with zero attached hydrogens (tertiary/aromatic N) is 3. The van der Waals surface area contributed by atoms with Crippen LogP contribution in [0.3, 0.4) is 0 Å². The van der Waals surface area contributed by atoms with Gasteiger partial charge in [0.25, 0.3) is 5.91 Å². The van der Waals surface area contributed by atoms with Crippen LogP contribution in [-0.2, 0) is 16.9 Å². The first-order valence-corrected chi connectivity index (χ1v) is 11.3. The Labute approximate surface area is 174 Å². The fourth-order valence-corrected chi connectivity index (χ4v) is 5.50. The zero-order chi connectivity index (χ0) is 21.3. The van der Waals surface area contributed by atoms with E-state index < -0.39 is 20.9 Å². The summed E-state index contributed by atoms with van der Waals surface area (Å²) in [4.78, 5) is 14.8. The van der Waals surface area contributed by atoms with Crippen LogP contribution in [0.1, 0.15) is 23.3 Å². The molecule has 0 aliphatic carbocycles. The van der Waals surface area contributed by atoms with Crippen LogP contribution in [0.15, 0.2) is 65.6 Å². The summed E-state index contributed by atoms with van der Waals surface area (Å²) in [5, 5.41) is 3.86. The Morgan fingerprint density at radius 2 is 1.67 bits per heavy atom. The number of carbonyl (C=O) groups is 1. The van der Waals surface area contributed by atoms with Crippen LogP contribution in [0.4, 0.5) is 4.39 Å². The molecule has 0 bridgehead atoms. The molecule has 1 aliphatic heterocycles. The molecular formula is C22H22FN3O3S. The van der Waals surface area contributed by atoms with E-state index in [4.69, 9.17) is 0 Å². The molecule has 0 radical (unpaired) electrons. The summed E-state index contributed by atoms with van der Waals surface area (Å²) < 4.78 is 40.3. The summed E-state index contributed by atoms with van der Waals surface area (Å²) >= 11 is 0. The van der Waals surface area contributed by atoms with Crippen molar-refractivity contribution in [1.82, 2.24) is 14.7 Å². The van der Waals surface area contributed by atoms with Gasteiger partial charge in [-0.2, -0.15) is 5.10 Å². The number of aromatic nitrogens is 2. The van der Waals surface area contributed by atoms with E-state index in [1.807, 2.05) is 30.3 Å². The van der Waals surface area contributed by atoms with Crippen molar-refractivity contribution in [1.29, 1.82) is 0 Å². The second kappa shape index (κ2) is 8.02. The van der Waals surface area contributed by atoms with Gasteiger partial charge in [-0.05, 0) is 43.2 Å². The highest BCUT2D eigenvalue weighted by atomic mass is 32.2. The molecule has 1 amide bonds. The van der Waals surface area contributed by atoms with Crippen molar-refractivity contribution in [2.45, 2.75) is 23.0 Å². The lowest BCUT2D eigenvalue weighted by Crippen LogP contribution is -2.43. The van der Waals surface area contributed by atoms with Crippen molar-refractivity contribution in [3.8, 4) is 11.3 Å². The third-order valence-electron chi connectivity index (χ3n) is 5.48. The molecule has 0 atom stereocenters. The molecule has 1 fully saturated rings. The van der Waals surface area contributed by atoms with Crippen LogP contribution in [0.2, 0.25) is 0 Å². The van der Waals surface area contributed by atoms with Gasteiger partial charge in [-0.1, -0.05) is 30.3 Å². The normalized spacial score (nSPS) is 15.3. The third-order valence-corrected chi connectivity index (χ3v) is 7.76. The molecule has 2 aromatic carbocycles. The number of sulfone groups is 1. The lowest BCUT2D eigenvalue weighted by molar-refractivity contribution is 0.0714. The molecule has 0 unspecified atom stereocenters. The average molecular weight is 428 g/mol. The van der Waals surface area contributed by atoms with Crippen molar-refractivity contribution < 1.29 is 17.6 Å². The maximum Gasteiger partial charge on any atom is 0.272 e. The van der Waals surface area contributed by atoms with Crippen LogP contribution < -0.4 is 0 Å². The Morgan fingerprint density at radius 1 is 1.03 bits per heavy atom. The predicted molar refractivity (Wildman–Crippen MR) is 111 cm³/mol. The van der Waals surface area contributed by atoms with Crippen molar-refractivity contribution >= 4 is 15.7 Å². The lowest BCUT2D eigenvalue weighted by Gasteiger charge is -2.31. The quantitative estimate of drug-likeness (QED) is 0.599. The number of benzene rings is 2. The minimum absolute atomic E-state index is 0.118. The molecule has 30 heavy (non-hydrogen) atoms. The molecular weight excluding hydrogens is 405 g/mol. The molecule has 1 saturated heterocycles. The zero-order valence-electron chi connectivity index (χ0n) is 16.5. The number of amides is 1. The zero-order valence-corrected chi connectivity index (χ0v) is 17.3. The molecule has 3 aromatic rings. The fourth-order valence-electron chi connectivity index (χ4n) is 3.77. The highest BCUT2D eigenvalue weighted by Crippen LogP contribution is 2.26. The van der Waals surface area contributed by atoms with Crippen LogP contribution in [0, 0.1) is 5.82 Å². The summed E-state index contributed by atoms with van der Waals surface area (Å²) in [6.45, 7) is 0.686. The standard InChI is InChI=1S/C22H22FN3O3S/c1-25-21(15-20(24-25)16-5-3-2-4-6-16)22(27)26-13-11-19(12-14-26)30(28,29)18-9-7-17(23)8-10-18/h2-10,15,19H,11-14H2,1H3. The van der Waals surface area contributed by atoms with E-state index in [-0.39, 0.29) is 10.8 Å². The highest BCUT2D eigenvalue weighted by molar-refractivity contribution is 7.92. The maximum atomic E-state index is 13.1. The van der Waals surface area contributed by atoms with Gasteiger partial charge in [0.15, 0.2) is 9.84 Å². The topological polar surface area (TPSA) is 72.3 Å². The van der Waals surface area contributed by atoms with Gasteiger partial charge in [-0.3, -0.25) is 9.48 Å². The number of hydrogen-bond acceptors (Lipinski definition) is 4. The molecule has 6 nitrogen and oxygen atoms in total. The average Bonchev–Trinajstić information content (AvgIpc) is 3.16. The van der Waals surface area contributed by atoms with Crippen molar-refractivity contribution in [2.75, 3.05) is 13.1 Å². The van der Waals surface area contributed by atoms with Crippen molar-refractivity contribution in [3.63, 3.8) is 0 Å². The molecule has 0 N–H and O–H groups in total. The van der Waals surface area contributed by atoms with E-state index in [0.29, 0.717) is 31.6 Å². The molecule has 0 spiro atoms. The van der Waals surface area contributed by atoms with E-state index in [1.165, 1.54) is 12.1 Å². The number of rotatable bonds is 4. The van der Waals surface area contributed by atoms with E-state index in [9.17, 15) is 17.6 Å². The molecule has 1 aliphatic rings. The van der Waals surface area contributed by atoms with Crippen molar-refractivity contribution in [3.05, 3.63) is 72.2 Å². The Bertz CT molecular complexity index is 1150. The smallest absolute Gasteiger partial charge is 0.272 e. The van der Waals surface area contributed by atoms with Crippen LogP contribution in [-0.4, -0.2) is 47.3 Å². The minimum atomic E-state index is -3.55. The van der Waals surface area contributed by atoms with Crippen LogP contribution >= 0.6 is 0 Å². The van der Waals surface area contributed by atoms with E-state index >= 15 is 0 Å². The Balaban J connectivity index is 1.46. The summed E-state index contributed by atoms with van der Waals surface area (Å²) in [6.07, 6.45) is 0.684. The van der Waals surface area contributed by atoms with E-state index in [1.54, 1.807) is 22.7 Å². The predicted octanol–water partition coefficient (Wildman–Crippen LogP) is 3.30. The Morgan fingerprint density at radius 3 is 2.30 bits per heavy atom. The number of halogens is 1. The molecule has 156 valence electrons. The van der Waals surface area contributed by atoms with Crippen LogP contribution in [0.25, 0.3) is 11.3 Å². The fraction of sp³-hybridized carbons (Fsp3) is 0.273. The SMILES string of the molecule is Cn1nc(-c2ccccc2)cc1C(=O)N1CCC(S(=O)(=O)c2ccc(F)cc2)CC1. The van der Waals surface area contributed by atoms with Gasteiger partial charge < -0.3 is 4.90 Å². The lowest BCUT2D eigenvalue weighted by atomic mass is 10.1. The number of aryl methyl sites for hydroxylation is 1. The van der Waals surface area contributed by atoms with Gasteiger partial charge >= 0.3 is 0 Å². The molecule has 0 saturated carbocycles. The number of likely N-dealkylation sites (tertiary alicyclic amines) is 1. The first kappa shape index (κ1) is 20.3. The Hall–Kier alpha value is -3.00. The highest BCUT2D eigenvalue weighted by Gasteiger charge is 2.33. The monoisotopic (exact) mass is 427 g/mol. The summed E-state index contributed by atoms with van der Waals surface area (Å²) in [6, 6.07) is 16.3. The van der Waals surface area contributed by atoms with Gasteiger partial charge in [-0.25, -0.2) is 12.8 Å². The largest absolute Gasteiger partial charge is 0.337 e. The van der Waals surface area contributed by atoms with E-state index in [0.717, 1.165) is 23.4 Å². The third kappa shape index (κ3) is 3.87. The van der Waals surface area contributed by atoms with Crippen LogP contribution in [0.5, 0.6) is 0 Å². The van der Waals surface area contributed by atoms with Gasteiger partial charge in [0.1, 0.15) is 11.5 Å². The maximum absolute atomic E-state index is 13.1. The van der Waals surface area contributed by atoms with Gasteiger partial charge in [0, 0.05) is 25.7 Å². The first-order valence-electron chi connectivity index (χ1n) is 9.74. The second-order valence-corrected chi connectivity index (χ2v) is 9.62. The van der Waals surface area contributed by atoms with Crippen molar-refractivity contribution in [2.24, 2.45) is 7.05 Å². The first-order chi connectivity index (χ1) is 14.4. The van der Waals surface area contributed by atoms with Gasteiger partial charge in [-0.15, -0.1) is 0 Å². The van der Waals surface area contributed by atoms with Gasteiger partial charge in [0.05, 0.1) is 15.8 Å².